The van der Waals surface area contributed by atoms with E-state index in [0.717, 1.165) is 42.0 Å². The van der Waals surface area contributed by atoms with Crippen LogP contribution in [0, 0.1) is 0 Å². The van der Waals surface area contributed by atoms with Crippen LogP contribution in [-0.4, -0.2) is 28.2 Å². The molecule has 2 heterocycles. The molecule has 1 aliphatic carbocycles. The van der Waals surface area contributed by atoms with E-state index < -0.39 is 0 Å². The molecule has 1 aromatic rings. The van der Waals surface area contributed by atoms with Crippen LogP contribution in [0.2, 0.25) is 0 Å². The fourth-order valence-electron chi connectivity index (χ4n) is 3.79. The van der Waals surface area contributed by atoms with Gasteiger partial charge in [-0.2, -0.15) is 0 Å². The molecule has 0 saturated carbocycles. The maximum atomic E-state index is 12.5. The molecule has 1 aromatic carbocycles. The summed E-state index contributed by atoms with van der Waals surface area (Å²) in [6.07, 6.45) is 9.10. The molecule has 7 heteroatoms. The van der Waals surface area contributed by atoms with Crippen molar-refractivity contribution in [3.8, 4) is 0 Å². The van der Waals surface area contributed by atoms with Crippen molar-refractivity contribution in [1.82, 2.24) is 4.90 Å². The monoisotopic (exact) mass is 474 g/mol. The predicted octanol–water partition coefficient (Wildman–Crippen LogP) is 6.83. The average Bonchev–Trinajstić information content (AvgIpc) is 3.24. The molecule has 30 heavy (non-hydrogen) atoms. The number of fused-ring (bicyclic) bond motifs is 1. The highest BCUT2D eigenvalue weighted by atomic mass is 35.5. The van der Waals surface area contributed by atoms with Crippen LogP contribution in [0.1, 0.15) is 33.1 Å². The van der Waals surface area contributed by atoms with Crippen molar-refractivity contribution in [2.75, 3.05) is 18.0 Å². The van der Waals surface area contributed by atoms with E-state index in [9.17, 15) is 4.79 Å². The van der Waals surface area contributed by atoms with E-state index in [0.29, 0.717) is 15.8 Å². The van der Waals surface area contributed by atoms with Gasteiger partial charge in [-0.3, -0.25) is 9.69 Å². The van der Waals surface area contributed by atoms with Gasteiger partial charge in [-0.25, -0.2) is 0 Å². The summed E-state index contributed by atoms with van der Waals surface area (Å²) in [5.74, 6) is -0.0126. The third-order valence-corrected chi connectivity index (χ3v) is 8.33. The smallest absolute Gasteiger partial charge is 0.266 e. The second-order valence-electron chi connectivity index (χ2n) is 7.13. The first-order chi connectivity index (χ1) is 14.5. The van der Waals surface area contributed by atoms with Gasteiger partial charge in [0.2, 0.25) is 0 Å². The van der Waals surface area contributed by atoms with E-state index in [4.69, 9.17) is 23.8 Å². The number of hydrogen-bond donors (Lipinski definition) is 0. The van der Waals surface area contributed by atoms with E-state index in [1.54, 1.807) is 16.7 Å². The summed E-state index contributed by atoms with van der Waals surface area (Å²) in [5.41, 5.74) is 3.41. The van der Waals surface area contributed by atoms with Gasteiger partial charge in [-0.05, 0) is 68.5 Å². The Labute approximate surface area is 196 Å². The summed E-state index contributed by atoms with van der Waals surface area (Å²) >= 11 is 15.3. The second kappa shape index (κ2) is 9.35. The molecule has 3 aliphatic rings. The zero-order valence-electron chi connectivity index (χ0n) is 17.0. The van der Waals surface area contributed by atoms with Crippen molar-refractivity contribution in [3.05, 3.63) is 68.6 Å². The number of thioether (sulfide) groups is 2. The lowest BCUT2D eigenvalue weighted by atomic mass is 9.94. The molecule has 0 atom stereocenters. The average molecular weight is 475 g/mol. The molecule has 0 spiro atoms. The summed E-state index contributed by atoms with van der Waals surface area (Å²) in [5, 5.41) is 1.98. The number of carbonyl (C=O) groups is 1. The van der Waals surface area contributed by atoms with Gasteiger partial charge >= 0.3 is 0 Å². The minimum atomic E-state index is -0.0126. The fourth-order valence-corrected chi connectivity index (χ4v) is 6.62. The van der Waals surface area contributed by atoms with E-state index in [-0.39, 0.29) is 5.91 Å². The van der Waals surface area contributed by atoms with Gasteiger partial charge in [0, 0.05) is 23.0 Å². The van der Waals surface area contributed by atoms with Crippen LogP contribution >= 0.6 is 47.3 Å². The first kappa shape index (κ1) is 21.8. The normalized spacial score (nSPS) is 23.5. The molecule has 4 rings (SSSR count). The van der Waals surface area contributed by atoms with Crippen molar-refractivity contribution in [2.24, 2.45) is 0 Å². The molecule has 0 radical (unpaired) electrons. The van der Waals surface area contributed by atoms with E-state index in [2.05, 4.69) is 48.2 Å². The molecule has 1 saturated heterocycles. The Morgan fingerprint density at radius 3 is 2.60 bits per heavy atom. The number of nitrogens with zero attached hydrogens (tertiary/aromatic N) is 2. The number of likely N-dealkylation sites (N-methyl/N-ethyl adjacent to an activating group) is 1. The molecule has 3 nitrogen and oxygen atoms in total. The quantitative estimate of drug-likeness (QED) is 0.351. The molecule has 0 unspecified atom stereocenters. The SMILES string of the molecule is CCN1C(=O)C(=CC2=C(Cl)C(=CC=C3Sc4ccccc4N3CC)CCC2)SC1=S. The van der Waals surface area contributed by atoms with Gasteiger partial charge < -0.3 is 4.90 Å². The Balaban J connectivity index is 1.60. The van der Waals surface area contributed by atoms with Gasteiger partial charge in [-0.15, -0.1) is 0 Å². The van der Waals surface area contributed by atoms with Crippen molar-refractivity contribution in [2.45, 2.75) is 38.0 Å². The standard InChI is InChI=1S/C23H23ClN2OS3/c1-3-25-17-10-5-6-11-18(17)29-20(25)13-12-15-8-7-9-16(21(15)24)14-19-22(27)26(4-2)23(28)30-19/h5-6,10-14H,3-4,7-9H2,1-2H3. The van der Waals surface area contributed by atoms with Crippen LogP contribution in [0.5, 0.6) is 0 Å². The molecule has 156 valence electrons. The van der Waals surface area contributed by atoms with Gasteiger partial charge in [0.1, 0.15) is 4.32 Å². The van der Waals surface area contributed by atoms with Gasteiger partial charge in [-0.1, -0.05) is 65.6 Å². The highest BCUT2D eigenvalue weighted by Crippen LogP contribution is 2.46. The van der Waals surface area contributed by atoms with Crippen molar-refractivity contribution in [3.63, 3.8) is 0 Å². The summed E-state index contributed by atoms with van der Waals surface area (Å²) < 4.78 is 0.624. The third kappa shape index (κ3) is 4.15. The molecule has 0 aromatic heterocycles. The minimum Gasteiger partial charge on any atom is -0.335 e. The molecular formula is C23H23ClN2OS3. The molecule has 0 bridgehead atoms. The number of amides is 1. The molecule has 2 aliphatic heterocycles. The third-order valence-electron chi connectivity index (χ3n) is 5.33. The number of thiocarbonyl (C=S) groups is 1. The zero-order chi connectivity index (χ0) is 21.3. The minimum absolute atomic E-state index is 0.0126. The van der Waals surface area contributed by atoms with Gasteiger partial charge in [0.05, 0.1) is 15.6 Å². The first-order valence-corrected chi connectivity index (χ1v) is 12.5. The number of allylic oxidation sites excluding steroid dienone is 6. The summed E-state index contributed by atoms with van der Waals surface area (Å²) in [6.45, 7) is 5.63. The van der Waals surface area contributed by atoms with Crippen LogP contribution < -0.4 is 4.90 Å². The molecular weight excluding hydrogens is 452 g/mol. The summed E-state index contributed by atoms with van der Waals surface area (Å²) in [4.78, 5) is 18.5. The number of para-hydroxylation sites is 1. The fraction of sp³-hybridized carbons (Fsp3) is 0.304. The van der Waals surface area contributed by atoms with E-state index >= 15 is 0 Å². The Morgan fingerprint density at radius 2 is 1.87 bits per heavy atom. The second-order valence-corrected chi connectivity index (χ2v) is 10.2. The zero-order valence-corrected chi connectivity index (χ0v) is 20.2. The van der Waals surface area contributed by atoms with Crippen LogP contribution in [0.3, 0.4) is 0 Å². The lowest BCUT2D eigenvalue weighted by Crippen LogP contribution is -2.27. The van der Waals surface area contributed by atoms with Crippen LogP contribution in [0.15, 0.2) is 73.5 Å². The van der Waals surface area contributed by atoms with Crippen LogP contribution in [0.25, 0.3) is 0 Å². The lowest BCUT2D eigenvalue weighted by Gasteiger charge is -2.19. The highest BCUT2D eigenvalue weighted by Gasteiger charge is 2.31. The van der Waals surface area contributed by atoms with E-state index in [1.807, 2.05) is 13.0 Å². The number of hydrogen-bond acceptors (Lipinski definition) is 5. The van der Waals surface area contributed by atoms with Gasteiger partial charge in [0.15, 0.2) is 0 Å². The predicted molar refractivity (Wildman–Crippen MR) is 134 cm³/mol. The largest absolute Gasteiger partial charge is 0.335 e. The maximum absolute atomic E-state index is 12.5. The highest BCUT2D eigenvalue weighted by molar-refractivity contribution is 8.26. The van der Waals surface area contributed by atoms with Crippen molar-refractivity contribution < 1.29 is 4.79 Å². The Hall–Kier alpha value is -1.47. The number of carbonyl (C=O) groups excluding carboxylic acids is 1. The molecule has 0 N–H and O–H groups in total. The Morgan fingerprint density at radius 1 is 1.10 bits per heavy atom. The van der Waals surface area contributed by atoms with Crippen molar-refractivity contribution in [1.29, 1.82) is 0 Å². The summed E-state index contributed by atoms with van der Waals surface area (Å²) in [6, 6.07) is 8.49. The number of rotatable bonds is 4. The van der Waals surface area contributed by atoms with Gasteiger partial charge in [0.25, 0.3) is 5.91 Å². The van der Waals surface area contributed by atoms with E-state index in [1.165, 1.54) is 27.4 Å². The maximum Gasteiger partial charge on any atom is 0.266 e. The first-order valence-electron chi connectivity index (χ1n) is 10.1. The topological polar surface area (TPSA) is 23.6 Å². The number of halogens is 1. The number of anilines is 1. The molecule has 1 fully saturated rings. The van der Waals surface area contributed by atoms with Crippen molar-refractivity contribution >= 4 is 63.3 Å². The molecule has 1 amide bonds. The van der Waals surface area contributed by atoms with Crippen LogP contribution in [0.4, 0.5) is 5.69 Å². The summed E-state index contributed by atoms with van der Waals surface area (Å²) in [7, 11) is 0. The Bertz CT molecular complexity index is 1030. The van der Waals surface area contributed by atoms with Crippen LogP contribution in [-0.2, 0) is 4.79 Å². The lowest BCUT2D eigenvalue weighted by molar-refractivity contribution is -0.122. The number of benzene rings is 1. The Kier molecular flexibility index (Phi) is 6.78.